The van der Waals surface area contributed by atoms with E-state index in [1.54, 1.807) is 48.5 Å². The van der Waals surface area contributed by atoms with Gasteiger partial charge in [0.2, 0.25) is 11.6 Å². The minimum atomic E-state index is -0.633. The smallest absolute Gasteiger partial charge is 0.355 e. The van der Waals surface area contributed by atoms with Crippen LogP contribution in [-0.2, 0) is 0 Å². The van der Waals surface area contributed by atoms with Crippen LogP contribution in [0.25, 0.3) is 0 Å². The van der Waals surface area contributed by atoms with Gasteiger partial charge < -0.3 is 10.1 Å². The van der Waals surface area contributed by atoms with E-state index in [1.807, 2.05) is 13.8 Å². The number of para-hydroxylation sites is 2. The standard InChI is InChI=1S/C20H20N6O4/c1-3-30-16-7-5-4-6-15(16)23-18-17(26(28)29)19(22-12-21-18)24-25-20(27)14-10-8-13(2)9-11-14/h4-12H,3H2,1-2H3,(H,25,27)(H2,21,22,23,24). The van der Waals surface area contributed by atoms with E-state index in [2.05, 4.69) is 26.1 Å². The number of hydrogen-bond acceptors (Lipinski definition) is 8. The molecule has 1 heterocycles. The molecule has 10 heteroatoms. The number of ether oxygens (including phenoxy) is 1. The number of anilines is 3. The van der Waals surface area contributed by atoms with E-state index in [1.165, 1.54) is 0 Å². The molecule has 0 fully saturated rings. The second kappa shape index (κ2) is 9.32. The zero-order valence-corrected chi connectivity index (χ0v) is 16.4. The lowest BCUT2D eigenvalue weighted by molar-refractivity contribution is -0.383. The van der Waals surface area contributed by atoms with Gasteiger partial charge in [0.05, 0.1) is 17.2 Å². The van der Waals surface area contributed by atoms with E-state index in [0.29, 0.717) is 23.6 Å². The first-order valence-corrected chi connectivity index (χ1v) is 9.11. The zero-order valence-electron chi connectivity index (χ0n) is 16.4. The Hall–Kier alpha value is -4.21. The fourth-order valence-electron chi connectivity index (χ4n) is 2.61. The minimum Gasteiger partial charge on any atom is -0.492 e. The Morgan fingerprint density at radius 1 is 1.10 bits per heavy atom. The van der Waals surface area contributed by atoms with Gasteiger partial charge in [-0.15, -0.1) is 0 Å². The van der Waals surface area contributed by atoms with Crippen molar-refractivity contribution in [3.05, 3.63) is 76.1 Å². The van der Waals surface area contributed by atoms with Gasteiger partial charge in [0.1, 0.15) is 12.1 Å². The van der Waals surface area contributed by atoms with Gasteiger partial charge in [-0.2, -0.15) is 0 Å². The number of aromatic nitrogens is 2. The molecule has 0 spiro atoms. The fraction of sp³-hybridized carbons (Fsp3) is 0.150. The van der Waals surface area contributed by atoms with Crippen LogP contribution in [0, 0.1) is 17.0 Å². The Labute approximate surface area is 172 Å². The van der Waals surface area contributed by atoms with E-state index >= 15 is 0 Å². The first-order chi connectivity index (χ1) is 14.5. The Kier molecular flexibility index (Phi) is 6.38. The van der Waals surface area contributed by atoms with Crippen molar-refractivity contribution in [1.82, 2.24) is 15.4 Å². The molecule has 0 saturated carbocycles. The molecule has 0 bridgehead atoms. The molecule has 3 N–H and O–H groups in total. The number of nitrogens with one attached hydrogen (secondary N) is 3. The Morgan fingerprint density at radius 2 is 1.80 bits per heavy atom. The van der Waals surface area contributed by atoms with Crippen LogP contribution in [0.3, 0.4) is 0 Å². The lowest BCUT2D eigenvalue weighted by Crippen LogP contribution is -2.30. The first kappa shape index (κ1) is 20.5. The van der Waals surface area contributed by atoms with E-state index in [-0.39, 0.29) is 11.6 Å². The molecular formula is C20H20N6O4. The molecule has 0 radical (unpaired) electrons. The average molecular weight is 408 g/mol. The number of hydrazine groups is 1. The highest BCUT2D eigenvalue weighted by Crippen LogP contribution is 2.33. The highest BCUT2D eigenvalue weighted by molar-refractivity contribution is 5.95. The molecule has 3 aromatic rings. The van der Waals surface area contributed by atoms with Crippen molar-refractivity contribution < 1.29 is 14.5 Å². The van der Waals surface area contributed by atoms with Gasteiger partial charge in [-0.3, -0.25) is 25.8 Å². The number of nitro groups is 1. The summed E-state index contributed by atoms with van der Waals surface area (Å²) in [6, 6.07) is 13.9. The quantitative estimate of drug-likeness (QED) is 0.381. The SMILES string of the molecule is CCOc1ccccc1Nc1ncnc(NNC(=O)c2ccc(C)cc2)c1[N+](=O)[O-]. The van der Waals surface area contributed by atoms with Gasteiger partial charge in [0.25, 0.3) is 5.91 Å². The summed E-state index contributed by atoms with van der Waals surface area (Å²) in [5, 5.41) is 14.6. The second-order valence-electron chi connectivity index (χ2n) is 6.18. The molecule has 10 nitrogen and oxygen atoms in total. The lowest BCUT2D eigenvalue weighted by atomic mass is 10.1. The summed E-state index contributed by atoms with van der Waals surface area (Å²) in [4.78, 5) is 31.2. The number of carbonyl (C=O) groups is 1. The zero-order chi connectivity index (χ0) is 21.5. The largest absolute Gasteiger partial charge is 0.492 e. The molecule has 0 aliphatic heterocycles. The number of carbonyl (C=O) groups excluding carboxylic acids is 1. The van der Waals surface area contributed by atoms with Gasteiger partial charge in [-0.25, -0.2) is 9.97 Å². The molecule has 0 aliphatic rings. The molecule has 1 aromatic heterocycles. The van der Waals surface area contributed by atoms with Crippen molar-refractivity contribution in [2.24, 2.45) is 0 Å². The van der Waals surface area contributed by atoms with E-state index in [9.17, 15) is 14.9 Å². The van der Waals surface area contributed by atoms with Crippen molar-refractivity contribution in [2.75, 3.05) is 17.3 Å². The molecule has 2 aromatic carbocycles. The summed E-state index contributed by atoms with van der Waals surface area (Å²) in [7, 11) is 0. The molecule has 0 saturated heterocycles. The molecule has 3 rings (SSSR count). The number of rotatable bonds is 8. The third-order valence-corrected chi connectivity index (χ3v) is 4.05. The summed E-state index contributed by atoms with van der Waals surface area (Å²) < 4.78 is 5.53. The predicted molar refractivity (Wildman–Crippen MR) is 112 cm³/mol. The van der Waals surface area contributed by atoms with Gasteiger partial charge in [0.15, 0.2) is 0 Å². The summed E-state index contributed by atoms with van der Waals surface area (Å²) >= 11 is 0. The summed E-state index contributed by atoms with van der Waals surface area (Å²) in [6.45, 7) is 4.17. The maximum Gasteiger partial charge on any atom is 0.355 e. The highest BCUT2D eigenvalue weighted by atomic mass is 16.6. The number of nitrogens with zero attached hydrogens (tertiary/aromatic N) is 3. The van der Waals surface area contributed by atoms with Crippen LogP contribution in [0.4, 0.5) is 23.0 Å². The molecule has 1 amide bonds. The van der Waals surface area contributed by atoms with Crippen molar-refractivity contribution in [3.8, 4) is 5.75 Å². The highest BCUT2D eigenvalue weighted by Gasteiger charge is 2.24. The van der Waals surface area contributed by atoms with E-state index in [4.69, 9.17) is 4.74 Å². The van der Waals surface area contributed by atoms with Crippen LogP contribution in [0.15, 0.2) is 54.9 Å². The third kappa shape index (κ3) is 4.79. The molecule has 30 heavy (non-hydrogen) atoms. The Balaban J connectivity index is 1.84. The third-order valence-electron chi connectivity index (χ3n) is 4.05. The maximum absolute atomic E-state index is 12.3. The summed E-state index contributed by atoms with van der Waals surface area (Å²) in [5.74, 6) is -0.143. The van der Waals surface area contributed by atoms with Crippen molar-refractivity contribution in [1.29, 1.82) is 0 Å². The minimum absolute atomic E-state index is 0.0470. The van der Waals surface area contributed by atoms with Gasteiger partial charge in [-0.1, -0.05) is 29.8 Å². The molecular weight excluding hydrogens is 388 g/mol. The van der Waals surface area contributed by atoms with Crippen LogP contribution in [0.1, 0.15) is 22.8 Å². The predicted octanol–water partition coefficient (Wildman–Crippen LogP) is 3.59. The lowest BCUT2D eigenvalue weighted by Gasteiger charge is -2.13. The average Bonchev–Trinajstić information content (AvgIpc) is 2.74. The number of amides is 1. The molecule has 0 atom stereocenters. The number of hydrogen-bond donors (Lipinski definition) is 3. The van der Waals surface area contributed by atoms with Crippen molar-refractivity contribution in [2.45, 2.75) is 13.8 Å². The van der Waals surface area contributed by atoms with Crippen molar-refractivity contribution in [3.63, 3.8) is 0 Å². The summed E-state index contributed by atoms with van der Waals surface area (Å²) in [5.41, 5.74) is 6.42. The van der Waals surface area contributed by atoms with E-state index < -0.39 is 16.5 Å². The second-order valence-corrected chi connectivity index (χ2v) is 6.18. The van der Waals surface area contributed by atoms with Crippen LogP contribution in [-0.4, -0.2) is 27.4 Å². The van der Waals surface area contributed by atoms with Crippen LogP contribution >= 0.6 is 0 Å². The van der Waals surface area contributed by atoms with Crippen LogP contribution < -0.4 is 20.9 Å². The fourth-order valence-corrected chi connectivity index (χ4v) is 2.61. The normalized spacial score (nSPS) is 10.2. The van der Waals surface area contributed by atoms with Gasteiger partial charge in [0, 0.05) is 5.56 Å². The molecule has 154 valence electrons. The van der Waals surface area contributed by atoms with Gasteiger partial charge >= 0.3 is 5.69 Å². The van der Waals surface area contributed by atoms with Crippen LogP contribution in [0.2, 0.25) is 0 Å². The number of benzene rings is 2. The first-order valence-electron chi connectivity index (χ1n) is 9.11. The van der Waals surface area contributed by atoms with Crippen LogP contribution in [0.5, 0.6) is 5.75 Å². The number of aryl methyl sites for hydroxylation is 1. The maximum atomic E-state index is 12.3. The molecule has 0 unspecified atom stereocenters. The summed E-state index contributed by atoms with van der Waals surface area (Å²) in [6.07, 6.45) is 1.15. The van der Waals surface area contributed by atoms with E-state index in [0.717, 1.165) is 11.9 Å². The van der Waals surface area contributed by atoms with Gasteiger partial charge in [-0.05, 0) is 38.1 Å². The Bertz CT molecular complexity index is 1060. The monoisotopic (exact) mass is 408 g/mol. The topological polar surface area (TPSA) is 131 Å². The molecule has 0 aliphatic carbocycles. The Morgan fingerprint density at radius 3 is 2.50 bits per heavy atom. The van der Waals surface area contributed by atoms with Crippen molar-refractivity contribution >= 4 is 28.9 Å².